The molecule has 2 aromatic rings. The molecule has 0 spiro atoms. The molecule has 0 unspecified atom stereocenters. The fourth-order valence-electron chi connectivity index (χ4n) is 2.35. The lowest BCUT2D eigenvalue weighted by Gasteiger charge is -2.10. The molecule has 8 heteroatoms. The number of hydrogen-bond acceptors (Lipinski definition) is 6. The standard InChI is InChI=1S/C16H22N4O4/c1-23-13-8-11-12(9-14(13)24-2)19-10-20(16(11)22)7-3-4-15(21)18-6-5-17/h8-10H,3-7,17H2,1-2H3,(H,18,21). The van der Waals surface area contributed by atoms with Gasteiger partial charge in [-0.2, -0.15) is 0 Å². The van der Waals surface area contributed by atoms with E-state index in [4.69, 9.17) is 15.2 Å². The molecule has 1 heterocycles. The lowest BCUT2D eigenvalue weighted by Crippen LogP contribution is -2.29. The third kappa shape index (κ3) is 4.02. The molecule has 0 fully saturated rings. The van der Waals surface area contributed by atoms with Gasteiger partial charge in [0.1, 0.15) is 0 Å². The number of nitrogens with two attached hydrogens (primary N) is 1. The van der Waals surface area contributed by atoms with E-state index < -0.39 is 0 Å². The predicted octanol–water partition coefficient (Wildman–Crippen LogP) is 0.269. The molecule has 1 aromatic carbocycles. The maximum absolute atomic E-state index is 12.6. The topological polar surface area (TPSA) is 108 Å². The number of ether oxygens (including phenoxy) is 2. The summed E-state index contributed by atoms with van der Waals surface area (Å²) in [7, 11) is 3.04. The van der Waals surface area contributed by atoms with Crippen LogP contribution in [0.25, 0.3) is 10.9 Å². The molecule has 130 valence electrons. The van der Waals surface area contributed by atoms with Gasteiger partial charge < -0.3 is 20.5 Å². The Labute approximate surface area is 139 Å². The molecule has 1 aromatic heterocycles. The fourth-order valence-corrected chi connectivity index (χ4v) is 2.35. The van der Waals surface area contributed by atoms with Gasteiger partial charge in [0.05, 0.1) is 31.4 Å². The number of rotatable bonds is 8. The van der Waals surface area contributed by atoms with Crippen molar-refractivity contribution in [1.29, 1.82) is 0 Å². The molecule has 1 amide bonds. The third-order valence-electron chi connectivity index (χ3n) is 3.60. The highest BCUT2D eigenvalue weighted by molar-refractivity contribution is 5.81. The number of methoxy groups -OCH3 is 2. The zero-order chi connectivity index (χ0) is 17.5. The summed E-state index contributed by atoms with van der Waals surface area (Å²) in [5, 5.41) is 3.14. The van der Waals surface area contributed by atoms with E-state index in [9.17, 15) is 9.59 Å². The molecular weight excluding hydrogens is 312 g/mol. The first kappa shape index (κ1) is 17.7. The van der Waals surface area contributed by atoms with Crippen molar-refractivity contribution >= 4 is 16.8 Å². The molecule has 0 saturated heterocycles. The van der Waals surface area contributed by atoms with Gasteiger partial charge in [0.25, 0.3) is 5.56 Å². The van der Waals surface area contributed by atoms with Gasteiger partial charge in [0, 0.05) is 32.1 Å². The van der Waals surface area contributed by atoms with Crippen molar-refractivity contribution in [3.05, 3.63) is 28.8 Å². The molecule has 0 saturated carbocycles. The smallest absolute Gasteiger partial charge is 0.261 e. The average Bonchev–Trinajstić information content (AvgIpc) is 2.60. The van der Waals surface area contributed by atoms with E-state index in [1.807, 2.05) is 0 Å². The number of hydrogen-bond donors (Lipinski definition) is 2. The lowest BCUT2D eigenvalue weighted by atomic mass is 10.2. The first-order valence-corrected chi connectivity index (χ1v) is 7.68. The highest BCUT2D eigenvalue weighted by Crippen LogP contribution is 2.29. The summed E-state index contributed by atoms with van der Waals surface area (Å²) in [6.45, 7) is 1.27. The van der Waals surface area contributed by atoms with Crippen molar-refractivity contribution < 1.29 is 14.3 Å². The number of amides is 1. The van der Waals surface area contributed by atoms with Crippen molar-refractivity contribution in [2.75, 3.05) is 27.3 Å². The molecule has 3 N–H and O–H groups in total. The van der Waals surface area contributed by atoms with E-state index in [0.29, 0.717) is 54.9 Å². The summed E-state index contributed by atoms with van der Waals surface area (Å²) in [5.41, 5.74) is 5.69. The van der Waals surface area contributed by atoms with E-state index in [1.54, 1.807) is 12.1 Å². The Bertz CT molecular complexity index is 772. The van der Waals surface area contributed by atoms with Crippen LogP contribution in [0.5, 0.6) is 11.5 Å². The van der Waals surface area contributed by atoms with Crippen LogP contribution in [-0.4, -0.2) is 42.8 Å². The van der Waals surface area contributed by atoms with Crippen LogP contribution in [0.15, 0.2) is 23.3 Å². The minimum Gasteiger partial charge on any atom is -0.493 e. The van der Waals surface area contributed by atoms with Crippen molar-refractivity contribution in [3.63, 3.8) is 0 Å². The normalized spacial score (nSPS) is 10.6. The molecule has 0 aliphatic carbocycles. The highest BCUT2D eigenvalue weighted by atomic mass is 16.5. The number of carbonyl (C=O) groups is 1. The molecule has 0 aliphatic rings. The van der Waals surface area contributed by atoms with Crippen molar-refractivity contribution in [1.82, 2.24) is 14.9 Å². The summed E-state index contributed by atoms with van der Waals surface area (Å²) < 4.78 is 11.9. The van der Waals surface area contributed by atoms with Gasteiger partial charge in [-0.1, -0.05) is 0 Å². The second kappa shape index (κ2) is 8.30. The van der Waals surface area contributed by atoms with Crippen LogP contribution in [0.2, 0.25) is 0 Å². The molecule has 0 atom stereocenters. The van der Waals surface area contributed by atoms with Gasteiger partial charge >= 0.3 is 0 Å². The average molecular weight is 334 g/mol. The van der Waals surface area contributed by atoms with E-state index in [-0.39, 0.29) is 11.5 Å². The SMILES string of the molecule is COc1cc2ncn(CCCC(=O)NCCN)c(=O)c2cc1OC. The minimum atomic E-state index is -0.177. The lowest BCUT2D eigenvalue weighted by molar-refractivity contribution is -0.121. The molecule has 0 bridgehead atoms. The van der Waals surface area contributed by atoms with Crippen LogP contribution in [0, 0.1) is 0 Å². The van der Waals surface area contributed by atoms with E-state index in [0.717, 1.165) is 0 Å². The van der Waals surface area contributed by atoms with Gasteiger partial charge in [-0.3, -0.25) is 14.2 Å². The summed E-state index contributed by atoms with van der Waals surface area (Å²) in [6.07, 6.45) is 2.35. The Morgan fingerprint density at radius 2 is 2.00 bits per heavy atom. The van der Waals surface area contributed by atoms with E-state index in [2.05, 4.69) is 10.3 Å². The van der Waals surface area contributed by atoms with Crippen LogP contribution < -0.4 is 26.1 Å². The Morgan fingerprint density at radius 3 is 2.67 bits per heavy atom. The van der Waals surface area contributed by atoms with Crippen LogP contribution in [0.4, 0.5) is 0 Å². The number of aryl methyl sites for hydroxylation is 1. The maximum Gasteiger partial charge on any atom is 0.261 e. The van der Waals surface area contributed by atoms with Gasteiger partial charge in [-0.25, -0.2) is 4.98 Å². The molecule has 24 heavy (non-hydrogen) atoms. The molecule has 0 radical (unpaired) electrons. The van der Waals surface area contributed by atoms with Gasteiger partial charge in [0.2, 0.25) is 5.91 Å². The first-order chi connectivity index (χ1) is 11.6. The molecule has 2 rings (SSSR count). The zero-order valence-corrected chi connectivity index (χ0v) is 13.9. The van der Waals surface area contributed by atoms with Gasteiger partial charge in [0.15, 0.2) is 11.5 Å². The largest absolute Gasteiger partial charge is 0.493 e. The summed E-state index contributed by atoms with van der Waals surface area (Å²) in [5.74, 6) is 0.919. The summed E-state index contributed by atoms with van der Waals surface area (Å²) in [4.78, 5) is 28.4. The zero-order valence-electron chi connectivity index (χ0n) is 13.9. The van der Waals surface area contributed by atoms with Crippen LogP contribution in [-0.2, 0) is 11.3 Å². The van der Waals surface area contributed by atoms with Crippen LogP contribution >= 0.6 is 0 Å². The van der Waals surface area contributed by atoms with Gasteiger partial charge in [-0.15, -0.1) is 0 Å². The van der Waals surface area contributed by atoms with Crippen LogP contribution in [0.1, 0.15) is 12.8 Å². The van der Waals surface area contributed by atoms with Crippen molar-refractivity contribution in [2.24, 2.45) is 5.73 Å². The maximum atomic E-state index is 12.6. The number of fused-ring (bicyclic) bond motifs is 1. The highest BCUT2D eigenvalue weighted by Gasteiger charge is 2.11. The second-order valence-electron chi connectivity index (χ2n) is 5.21. The number of benzene rings is 1. The number of nitrogens with zero attached hydrogens (tertiary/aromatic N) is 2. The minimum absolute atomic E-state index is 0.0753. The first-order valence-electron chi connectivity index (χ1n) is 7.68. The Kier molecular flexibility index (Phi) is 6.14. The fraction of sp³-hybridized carbons (Fsp3) is 0.438. The monoisotopic (exact) mass is 334 g/mol. The molecule has 0 aliphatic heterocycles. The van der Waals surface area contributed by atoms with Crippen molar-refractivity contribution in [3.8, 4) is 11.5 Å². The van der Waals surface area contributed by atoms with Gasteiger partial charge in [-0.05, 0) is 12.5 Å². The molecule has 8 nitrogen and oxygen atoms in total. The van der Waals surface area contributed by atoms with Crippen LogP contribution in [0.3, 0.4) is 0 Å². The third-order valence-corrected chi connectivity index (χ3v) is 3.60. The second-order valence-corrected chi connectivity index (χ2v) is 5.21. The number of carbonyl (C=O) groups excluding carboxylic acids is 1. The number of aromatic nitrogens is 2. The number of nitrogens with one attached hydrogen (secondary N) is 1. The Hall–Kier alpha value is -2.61. The predicted molar refractivity (Wildman–Crippen MR) is 90.4 cm³/mol. The summed E-state index contributed by atoms with van der Waals surface area (Å²) >= 11 is 0. The molecular formula is C16H22N4O4. The summed E-state index contributed by atoms with van der Waals surface area (Å²) in [6, 6.07) is 3.29. The Balaban J connectivity index is 2.16. The van der Waals surface area contributed by atoms with E-state index in [1.165, 1.54) is 25.1 Å². The van der Waals surface area contributed by atoms with Crippen molar-refractivity contribution in [2.45, 2.75) is 19.4 Å². The quantitative estimate of drug-likeness (QED) is 0.717. The Morgan fingerprint density at radius 1 is 1.29 bits per heavy atom. The van der Waals surface area contributed by atoms with E-state index >= 15 is 0 Å².